The predicted molar refractivity (Wildman–Crippen MR) is 78.3 cm³/mol. The zero-order chi connectivity index (χ0) is 15.4. The quantitative estimate of drug-likeness (QED) is 0.872. The number of hydrogen-bond acceptors (Lipinski definition) is 3. The number of aliphatic carboxylic acids is 1. The van der Waals surface area contributed by atoms with Crippen LogP contribution in [-0.2, 0) is 20.7 Å². The molecule has 0 aliphatic carbocycles. The third kappa shape index (κ3) is 4.19. The van der Waals surface area contributed by atoms with Crippen molar-refractivity contribution in [1.82, 2.24) is 5.32 Å². The Hall–Kier alpha value is -1.59. The molecule has 1 amide bonds. The largest absolute Gasteiger partial charge is 0.479 e. The Morgan fingerprint density at radius 1 is 1.38 bits per heavy atom. The van der Waals surface area contributed by atoms with E-state index in [2.05, 4.69) is 5.32 Å². The van der Waals surface area contributed by atoms with Crippen LogP contribution < -0.4 is 5.32 Å². The van der Waals surface area contributed by atoms with Crippen molar-refractivity contribution in [3.8, 4) is 0 Å². The topological polar surface area (TPSA) is 75.6 Å². The molecule has 1 fully saturated rings. The van der Waals surface area contributed by atoms with Crippen molar-refractivity contribution in [2.75, 3.05) is 0 Å². The number of benzene rings is 1. The molecule has 1 heterocycles. The first kappa shape index (κ1) is 15.8. The third-order valence-corrected chi connectivity index (χ3v) is 3.83. The van der Waals surface area contributed by atoms with Gasteiger partial charge in [0.25, 0.3) is 0 Å². The van der Waals surface area contributed by atoms with Crippen LogP contribution in [0.1, 0.15) is 25.3 Å². The van der Waals surface area contributed by atoms with E-state index in [0.29, 0.717) is 24.3 Å². The van der Waals surface area contributed by atoms with Gasteiger partial charge in [-0.2, -0.15) is 0 Å². The summed E-state index contributed by atoms with van der Waals surface area (Å²) in [4.78, 5) is 22.8. The highest BCUT2D eigenvalue weighted by Crippen LogP contribution is 2.21. The number of amides is 1. The van der Waals surface area contributed by atoms with E-state index in [1.54, 1.807) is 0 Å². The van der Waals surface area contributed by atoms with Crippen molar-refractivity contribution in [2.45, 2.75) is 44.4 Å². The van der Waals surface area contributed by atoms with Crippen LogP contribution in [0.15, 0.2) is 24.3 Å². The zero-order valence-corrected chi connectivity index (χ0v) is 12.5. The number of carbonyl (C=O) groups excluding carboxylic acids is 1. The van der Waals surface area contributed by atoms with Gasteiger partial charge in [-0.25, -0.2) is 4.79 Å². The average molecular weight is 312 g/mol. The molecule has 1 unspecified atom stereocenters. The Balaban J connectivity index is 1.86. The molecule has 0 saturated carbocycles. The van der Waals surface area contributed by atoms with Gasteiger partial charge in [-0.1, -0.05) is 29.8 Å². The number of nitrogens with one attached hydrogen (secondary N) is 1. The van der Waals surface area contributed by atoms with Crippen LogP contribution in [0.25, 0.3) is 0 Å². The van der Waals surface area contributed by atoms with Crippen molar-refractivity contribution in [3.63, 3.8) is 0 Å². The second kappa shape index (κ2) is 6.91. The molecule has 5 nitrogen and oxygen atoms in total. The van der Waals surface area contributed by atoms with Gasteiger partial charge in [-0.15, -0.1) is 0 Å². The van der Waals surface area contributed by atoms with Crippen molar-refractivity contribution < 1.29 is 19.4 Å². The molecule has 0 bridgehead atoms. The fourth-order valence-corrected chi connectivity index (χ4v) is 2.61. The molecule has 0 radical (unpaired) electrons. The number of carbonyl (C=O) groups is 2. The van der Waals surface area contributed by atoms with Gasteiger partial charge >= 0.3 is 5.97 Å². The van der Waals surface area contributed by atoms with Crippen LogP contribution in [0.3, 0.4) is 0 Å². The Bertz CT molecular complexity index is 534. The molecule has 1 aromatic carbocycles. The SMILES string of the molecule is CC(Cc1ccccc1Cl)NC(=O)[C@@H]1CC[C@H](C(=O)O)O1. The number of carboxylic acid groups (broad SMARTS) is 1. The molecule has 1 saturated heterocycles. The lowest BCUT2D eigenvalue weighted by Gasteiger charge is -2.17. The number of rotatable bonds is 5. The van der Waals surface area contributed by atoms with Crippen molar-refractivity contribution >= 4 is 23.5 Å². The van der Waals surface area contributed by atoms with Gasteiger partial charge in [0.15, 0.2) is 6.10 Å². The molecule has 2 rings (SSSR count). The van der Waals surface area contributed by atoms with E-state index < -0.39 is 18.2 Å². The van der Waals surface area contributed by atoms with Gasteiger partial charge < -0.3 is 15.2 Å². The van der Waals surface area contributed by atoms with Crippen LogP contribution in [0.2, 0.25) is 5.02 Å². The van der Waals surface area contributed by atoms with Crippen molar-refractivity contribution in [3.05, 3.63) is 34.9 Å². The molecular formula is C15H18ClNO4. The third-order valence-electron chi connectivity index (χ3n) is 3.46. The van der Waals surface area contributed by atoms with E-state index in [1.165, 1.54) is 0 Å². The lowest BCUT2D eigenvalue weighted by Crippen LogP contribution is -2.41. The fraction of sp³-hybridized carbons (Fsp3) is 0.467. The van der Waals surface area contributed by atoms with E-state index in [9.17, 15) is 9.59 Å². The predicted octanol–water partition coefficient (Wildman–Crippen LogP) is 2.02. The highest BCUT2D eigenvalue weighted by atomic mass is 35.5. The number of ether oxygens (including phenoxy) is 1. The molecular weight excluding hydrogens is 294 g/mol. The molecule has 0 spiro atoms. The minimum Gasteiger partial charge on any atom is -0.479 e. The fourth-order valence-electron chi connectivity index (χ4n) is 2.39. The Labute approximate surface area is 128 Å². The molecule has 1 aliphatic heterocycles. The van der Waals surface area contributed by atoms with Gasteiger partial charge in [-0.05, 0) is 37.8 Å². The number of hydrogen-bond donors (Lipinski definition) is 2. The van der Waals surface area contributed by atoms with Crippen molar-refractivity contribution in [2.24, 2.45) is 0 Å². The minimum atomic E-state index is -1.02. The van der Waals surface area contributed by atoms with E-state index in [0.717, 1.165) is 5.56 Å². The van der Waals surface area contributed by atoms with Crippen LogP contribution in [0, 0.1) is 0 Å². The molecule has 1 aliphatic rings. The zero-order valence-electron chi connectivity index (χ0n) is 11.7. The van der Waals surface area contributed by atoms with Crippen LogP contribution in [-0.4, -0.2) is 35.2 Å². The second-order valence-corrected chi connectivity index (χ2v) is 5.64. The first-order valence-corrected chi connectivity index (χ1v) is 7.27. The molecule has 2 N–H and O–H groups in total. The normalized spacial score (nSPS) is 22.8. The van der Waals surface area contributed by atoms with E-state index in [-0.39, 0.29) is 11.9 Å². The lowest BCUT2D eigenvalue weighted by atomic mass is 10.1. The number of halogens is 1. The van der Waals surface area contributed by atoms with E-state index >= 15 is 0 Å². The summed E-state index contributed by atoms with van der Waals surface area (Å²) in [5.41, 5.74) is 0.961. The van der Waals surface area contributed by atoms with Crippen LogP contribution >= 0.6 is 11.6 Å². The van der Waals surface area contributed by atoms with Crippen molar-refractivity contribution in [1.29, 1.82) is 0 Å². The summed E-state index contributed by atoms with van der Waals surface area (Å²) in [7, 11) is 0. The summed E-state index contributed by atoms with van der Waals surface area (Å²) < 4.78 is 5.22. The van der Waals surface area contributed by atoms with Gasteiger partial charge in [0.2, 0.25) is 5.91 Å². The second-order valence-electron chi connectivity index (χ2n) is 5.23. The van der Waals surface area contributed by atoms with Crippen LogP contribution in [0.4, 0.5) is 0 Å². The molecule has 6 heteroatoms. The number of carboxylic acids is 1. The summed E-state index contributed by atoms with van der Waals surface area (Å²) in [6, 6.07) is 7.37. The first-order valence-electron chi connectivity index (χ1n) is 6.89. The van der Waals surface area contributed by atoms with Gasteiger partial charge in [-0.3, -0.25) is 4.79 Å². The highest BCUT2D eigenvalue weighted by Gasteiger charge is 2.35. The van der Waals surface area contributed by atoms with Gasteiger partial charge in [0, 0.05) is 11.1 Å². The standard InChI is InChI=1S/C15H18ClNO4/c1-9(8-10-4-2-3-5-11(10)16)17-14(18)12-6-7-13(21-12)15(19)20/h2-5,9,12-13H,6-8H2,1H3,(H,17,18)(H,19,20)/t9?,12-,13+/m0/s1. The summed E-state index contributed by atoms with van der Waals surface area (Å²) >= 11 is 6.08. The molecule has 3 atom stereocenters. The van der Waals surface area contributed by atoms with E-state index in [4.69, 9.17) is 21.4 Å². The molecule has 21 heavy (non-hydrogen) atoms. The van der Waals surface area contributed by atoms with Gasteiger partial charge in [0.1, 0.15) is 6.10 Å². The monoisotopic (exact) mass is 311 g/mol. The average Bonchev–Trinajstić information content (AvgIpc) is 2.91. The Kier molecular flexibility index (Phi) is 5.20. The lowest BCUT2D eigenvalue weighted by molar-refractivity contribution is -0.151. The van der Waals surface area contributed by atoms with Gasteiger partial charge in [0.05, 0.1) is 0 Å². The maximum absolute atomic E-state index is 12.0. The van der Waals surface area contributed by atoms with E-state index in [1.807, 2.05) is 31.2 Å². The molecule has 1 aromatic rings. The maximum Gasteiger partial charge on any atom is 0.332 e. The Morgan fingerprint density at radius 2 is 2.05 bits per heavy atom. The smallest absolute Gasteiger partial charge is 0.332 e. The molecule has 114 valence electrons. The summed E-state index contributed by atoms with van der Waals surface area (Å²) in [6.45, 7) is 1.88. The molecule has 0 aromatic heterocycles. The maximum atomic E-state index is 12.0. The minimum absolute atomic E-state index is 0.107. The summed E-state index contributed by atoms with van der Waals surface area (Å²) in [6.07, 6.45) is -0.145. The summed E-state index contributed by atoms with van der Waals surface area (Å²) in [5, 5.41) is 12.4. The highest BCUT2D eigenvalue weighted by molar-refractivity contribution is 6.31. The van der Waals surface area contributed by atoms with Crippen LogP contribution in [0.5, 0.6) is 0 Å². The Morgan fingerprint density at radius 3 is 2.67 bits per heavy atom. The first-order chi connectivity index (χ1) is 9.97. The summed E-state index contributed by atoms with van der Waals surface area (Å²) in [5.74, 6) is -1.28.